The van der Waals surface area contributed by atoms with Gasteiger partial charge >= 0.3 is 0 Å². The van der Waals surface area contributed by atoms with Crippen LogP contribution in [0.1, 0.15) is 23.9 Å². The summed E-state index contributed by atoms with van der Waals surface area (Å²) in [7, 11) is 0. The van der Waals surface area contributed by atoms with Gasteiger partial charge in [0.05, 0.1) is 4.92 Å². The molecule has 1 aromatic heterocycles. The number of benzene rings is 2. The largest absolute Gasteiger partial charge is 0.343 e. The minimum absolute atomic E-state index is 0.0271. The summed E-state index contributed by atoms with van der Waals surface area (Å²) >= 11 is 1.40. The number of nitro benzene ring substituents is 1. The molecule has 1 fully saturated rings. The molecule has 3 aromatic rings. The van der Waals surface area contributed by atoms with Crippen LogP contribution < -0.4 is 4.90 Å². The molecule has 164 valence electrons. The number of hydrogen-bond donors (Lipinski definition) is 0. The first kappa shape index (κ1) is 21.6. The van der Waals surface area contributed by atoms with Crippen LogP contribution in [0.5, 0.6) is 0 Å². The molecule has 0 radical (unpaired) electrons. The molecule has 2 heterocycles. The zero-order valence-electron chi connectivity index (χ0n) is 17.6. The second-order valence-electron chi connectivity index (χ2n) is 7.66. The van der Waals surface area contributed by atoms with Gasteiger partial charge in [0.25, 0.3) is 5.69 Å². The van der Waals surface area contributed by atoms with E-state index in [9.17, 15) is 14.9 Å². The highest BCUT2D eigenvalue weighted by Crippen LogP contribution is 2.23. The Kier molecular flexibility index (Phi) is 6.55. The number of carbonyl (C=O) groups excluding carboxylic acids is 1. The molecule has 4 rings (SSSR count). The highest BCUT2D eigenvalue weighted by molar-refractivity contribution is 7.09. The van der Waals surface area contributed by atoms with E-state index in [1.165, 1.54) is 35.3 Å². The molecule has 2 aromatic carbocycles. The van der Waals surface area contributed by atoms with Crippen molar-refractivity contribution >= 4 is 34.3 Å². The van der Waals surface area contributed by atoms with Crippen LogP contribution in [0.4, 0.5) is 10.8 Å². The molecular formula is C23H23N5O3S. The number of amides is 1. The Hall–Kier alpha value is -3.59. The molecule has 1 aliphatic heterocycles. The molecular weight excluding hydrogens is 426 g/mol. The minimum Gasteiger partial charge on any atom is -0.343 e. The lowest BCUT2D eigenvalue weighted by atomic mass is 10.1. The van der Waals surface area contributed by atoms with Crippen LogP contribution in [0.3, 0.4) is 0 Å². The average Bonchev–Trinajstić information content (AvgIpc) is 3.27. The number of hydrogen-bond acceptors (Lipinski definition) is 7. The van der Waals surface area contributed by atoms with E-state index in [4.69, 9.17) is 4.98 Å². The fraction of sp³-hybridized carbons (Fsp3) is 0.261. The lowest BCUT2D eigenvalue weighted by Crippen LogP contribution is -2.53. The van der Waals surface area contributed by atoms with Gasteiger partial charge in [-0.25, -0.2) is 4.98 Å². The maximum Gasteiger partial charge on any atom is 0.269 e. The zero-order chi connectivity index (χ0) is 22.5. The predicted octanol–water partition coefficient (Wildman–Crippen LogP) is 3.79. The third-order valence-electron chi connectivity index (χ3n) is 5.37. The number of carbonyl (C=O) groups is 1. The van der Waals surface area contributed by atoms with Gasteiger partial charge in [0.2, 0.25) is 11.0 Å². The van der Waals surface area contributed by atoms with E-state index < -0.39 is 4.92 Å². The molecule has 8 nitrogen and oxygen atoms in total. The van der Waals surface area contributed by atoms with E-state index in [-0.39, 0.29) is 17.6 Å². The number of non-ortho nitro benzene ring substituents is 1. The highest BCUT2D eigenvalue weighted by atomic mass is 32.1. The summed E-state index contributed by atoms with van der Waals surface area (Å²) in [5, 5.41) is 11.6. The summed E-state index contributed by atoms with van der Waals surface area (Å²) in [6.07, 6.45) is 3.92. The van der Waals surface area contributed by atoms with E-state index >= 15 is 0 Å². The van der Waals surface area contributed by atoms with Crippen LogP contribution >= 0.6 is 11.5 Å². The summed E-state index contributed by atoms with van der Waals surface area (Å²) in [6.45, 7) is 4.01. The molecule has 0 spiro atoms. The second kappa shape index (κ2) is 9.69. The minimum atomic E-state index is -0.442. The molecule has 1 saturated heterocycles. The fourth-order valence-electron chi connectivity index (χ4n) is 3.65. The van der Waals surface area contributed by atoms with Crippen molar-refractivity contribution in [3.63, 3.8) is 0 Å². The maximum atomic E-state index is 12.7. The van der Waals surface area contributed by atoms with Crippen LogP contribution in [0, 0.1) is 10.1 Å². The number of nitrogens with zero attached hydrogens (tertiary/aromatic N) is 5. The number of aromatic nitrogens is 2. The third kappa shape index (κ3) is 5.17. The standard InChI is InChI=1S/C23H23N5O3S/c1-17-16-26(23-24-21(25-32-23)15-19-5-3-2-4-6-19)13-14-27(17)22(29)12-9-18-7-10-20(11-8-18)28(30)31/h2-12,17H,13-16H2,1H3/b12-9+. The van der Waals surface area contributed by atoms with E-state index in [2.05, 4.69) is 21.4 Å². The second-order valence-corrected chi connectivity index (χ2v) is 8.39. The summed E-state index contributed by atoms with van der Waals surface area (Å²) in [4.78, 5) is 31.7. The fourth-order valence-corrected chi connectivity index (χ4v) is 4.37. The Morgan fingerprint density at radius 1 is 1.19 bits per heavy atom. The van der Waals surface area contributed by atoms with E-state index in [0.717, 1.165) is 16.5 Å². The van der Waals surface area contributed by atoms with Gasteiger partial charge in [0, 0.05) is 61.8 Å². The van der Waals surface area contributed by atoms with Crippen molar-refractivity contribution in [3.8, 4) is 0 Å². The van der Waals surface area contributed by atoms with Gasteiger partial charge in [0.1, 0.15) is 5.82 Å². The molecule has 0 bridgehead atoms. The molecule has 32 heavy (non-hydrogen) atoms. The van der Waals surface area contributed by atoms with Crippen LogP contribution in [0.15, 0.2) is 60.7 Å². The van der Waals surface area contributed by atoms with Gasteiger partial charge in [-0.1, -0.05) is 30.3 Å². The molecule has 0 aliphatic carbocycles. The molecule has 0 saturated carbocycles. The van der Waals surface area contributed by atoms with Gasteiger partial charge in [0.15, 0.2) is 0 Å². The number of nitro groups is 1. The molecule has 1 atom stereocenters. The van der Waals surface area contributed by atoms with Gasteiger partial charge in [-0.2, -0.15) is 4.37 Å². The SMILES string of the molecule is CC1CN(c2nc(Cc3ccccc3)ns2)CCN1C(=O)/C=C/c1ccc([N+](=O)[O-])cc1. The first-order chi connectivity index (χ1) is 15.5. The Balaban J connectivity index is 1.34. The Bertz CT molecular complexity index is 1110. The van der Waals surface area contributed by atoms with Crippen LogP contribution in [0.2, 0.25) is 0 Å². The van der Waals surface area contributed by atoms with E-state index in [1.54, 1.807) is 18.2 Å². The average molecular weight is 450 g/mol. The van der Waals surface area contributed by atoms with Crippen molar-refractivity contribution in [1.82, 2.24) is 14.3 Å². The van der Waals surface area contributed by atoms with Crippen molar-refractivity contribution in [2.45, 2.75) is 19.4 Å². The Morgan fingerprint density at radius 2 is 1.94 bits per heavy atom. The first-order valence-corrected chi connectivity index (χ1v) is 11.1. The summed E-state index contributed by atoms with van der Waals surface area (Å²) in [6, 6.07) is 16.3. The number of anilines is 1. The normalized spacial score (nSPS) is 16.5. The molecule has 1 amide bonds. The van der Waals surface area contributed by atoms with Crippen LogP contribution in [-0.4, -0.2) is 50.8 Å². The van der Waals surface area contributed by atoms with Crippen LogP contribution in [0.25, 0.3) is 6.08 Å². The Morgan fingerprint density at radius 3 is 2.62 bits per heavy atom. The number of rotatable bonds is 6. The highest BCUT2D eigenvalue weighted by Gasteiger charge is 2.28. The Labute approximate surface area is 190 Å². The predicted molar refractivity (Wildman–Crippen MR) is 125 cm³/mol. The van der Waals surface area contributed by atoms with Gasteiger partial charge in [-0.3, -0.25) is 14.9 Å². The number of piperazine rings is 1. The van der Waals surface area contributed by atoms with Crippen molar-refractivity contribution < 1.29 is 9.72 Å². The first-order valence-electron chi connectivity index (χ1n) is 10.3. The maximum absolute atomic E-state index is 12.7. The van der Waals surface area contributed by atoms with Gasteiger partial charge < -0.3 is 9.80 Å². The zero-order valence-corrected chi connectivity index (χ0v) is 18.4. The third-order valence-corrected chi connectivity index (χ3v) is 6.18. The van der Waals surface area contributed by atoms with Gasteiger partial charge in [-0.15, -0.1) is 0 Å². The molecule has 1 aliphatic rings. The molecule has 1 unspecified atom stereocenters. The lowest BCUT2D eigenvalue weighted by Gasteiger charge is -2.39. The molecule has 0 N–H and O–H groups in total. The van der Waals surface area contributed by atoms with Crippen molar-refractivity contribution in [3.05, 3.63) is 87.7 Å². The van der Waals surface area contributed by atoms with Crippen molar-refractivity contribution in [2.75, 3.05) is 24.5 Å². The molecule has 9 heteroatoms. The topological polar surface area (TPSA) is 92.5 Å². The summed E-state index contributed by atoms with van der Waals surface area (Å²) in [5.41, 5.74) is 1.96. The van der Waals surface area contributed by atoms with E-state index in [1.807, 2.05) is 30.0 Å². The quantitative estimate of drug-likeness (QED) is 0.323. The van der Waals surface area contributed by atoms with Gasteiger partial charge in [-0.05, 0) is 36.3 Å². The van der Waals surface area contributed by atoms with Crippen molar-refractivity contribution in [2.24, 2.45) is 0 Å². The van der Waals surface area contributed by atoms with Crippen molar-refractivity contribution in [1.29, 1.82) is 0 Å². The lowest BCUT2D eigenvalue weighted by molar-refractivity contribution is -0.384. The van der Waals surface area contributed by atoms with E-state index in [0.29, 0.717) is 26.1 Å². The van der Waals surface area contributed by atoms with Crippen LogP contribution in [-0.2, 0) is 11.2 Å². The summed E-state index contributed by atoms with van der Waals surface area (Å²) < 4.78 is 4.50. The summed E-state index contributed by atoms with van der Waals surface area (Å²) in [5.74, 6) is 0.742. The monoisotopic (exact) mass is 449 g/mol. The smallest absolute Gasteiger partial charge is 0.269 e.